The van der Waals surface area contributed by atoms with E-state index in [0.717, 1.165) is 76.5 Å². The van der Waals surface area contributed by atoms with E-state index in [4.69, 9.17) is 24.2 Å². The first kappa shape index (κ1) is 51.2. The summed E-state index contributed by atoms with van der Waals surface area (Å²) < 4.78 is 48.6. The van der Waals surface area contributed by atoms with E-state index in [1.165, 1.54) is 12.1 Å². The number of nitrogens with zero attached hydrogens (tertiary/aromatic N) is 5. The molecule has 0 amide bonds. The SMILES string of the molecule is CC.CC.COCC1(CO)CCc2c(C)c(F)cc3nc4c(c1c23)Cn1c-4cc2c(c1=O)COC(=O)C2O.Cc1c(F)cc2nc3c(c4c2c1CCC41CCN(CCO)C1)Cn1c-3cc2c(c1=O)COC(=O)C2O. The van der Waals surface area contributed by atoms with E-state index in [2.05, 4.69) is 4.90 Å². The molecule has 1 saturated heterocycles. The minimum atomic E-state index is -1.55. The van der Waals surface area contributed by atoms with Crippen LogP contribution in [0.2, 0.25) is 0 Å². The van der Waals surface area contributed by atoms with Gasteiger partial charge in [0.15, 0.2) is 12.2 Å². The quantitative estimate of drug-likeness (QED) is 0.153. The number of hydrogen-bond donors (Lipinski definition) is 4. The highest BCUT2D eigenvalue weighted by molar-refractivity contribution is 5.95. The van der Waals surface area contributed by atoms with E-state index in [1.807, 2.05) is 34.6 Å². The fraction of sp³-hybridized carbons (Fsp3) is 0.464. The van der Waals surface area contributed by atoms with E-state index in [0.29, 0.717) is 70.9 Å². The highest BCUT2D eigenvalue weighted by Gasteiger charge is 2.48. The summed E-state index contributed by atoms with van der Waals surface area (Å²) in [7, 11) is 1.58. The summed E-state index contributed by atoms with van der Waals surface area (Å²) in [4.78, 5) is 62.7. The fourth-order valence-electron chi connectivity index (χ4n) is 13.0. The number of hydrogen-bond acceptors (Lipinski definition) is 14. The first-order valence-corrected chi connectivity index (χ1v) is 25.6. The van der Waals surface area contributed by atoms with Crippen LogP contribution in [0.25, 0.3) is 44.6 Å². The third-order valence-electron chi connectivity index (χ3n) is 16.5. The second kappa shape index (κ2) is 19.1. The Morgan fingerprint density at radius 1 is 0.689 bits per heavy atom. The van der Waals surface area contributed by atoms with Gasteiger partial charge < -0.3 is 48.7 Å². The minimum Gasteiger partial charge on any atom is -0.458 e. The zero-order chi connectivity index (χ0) is 52.9. The highest BCUT2D eigenvalue weighted by atomic mass is 19.1. The summed E-state index contributed by atoms with van der Waals surface area (Å²) in [5.74, 6) is -2.23. The molecule has 2 aliphatic carbocycles. The van der Waals surface area contributed by atoms with Gasteiger partial charge >= 0.3 is 11.9 Å². The van der Waals surface area contributed by atoms with Gasteiger partial charge in [-0.15, -0.1) is 0 Å². The lowest BCUT2D eigenvalue weighted by Gasteiger charge is -2.38. The number of ether oxygens (including phenoxy) is 3. The van der Waals surface area contributed by atoms with Crippen LogP contribution in [0, 0.1) is 25.5 Å². The van der Waals surface area contributed by atoms with Crippen molar-refractivity contribution in [3.63, 3.8) is 0 Å². The van der Waals surface area contributed by atoms with Crippen molar-refractivity contribution in [1.82, 2.24) is 24.0 Å². The predicted octanol–water partition coefficient (Wildman–Crippen LogP) is 5.68. The Bertz CT molecular complexity index is 3500. The van der Waals surface area contributed by atoms with Gasteiger partial charge in [-0.25, -0.2) is 28.3 Å². The zero-order valence-corrected chi connectivity index (χ0v) is 42.7. The summed E-state index contributed by atoms with van der Waals surface area (Å²) >= 11 is 0. The molecule has 0 radical (unpaired) electrons. The van der Waals surface area contributed by atoms with E-state index in [1.54, 1.807) is 35.3 Å². The van der Waals surface area contributed by atoms with Crippen LogP contribution in [-0.2, 0) is 73.8 Å². The molecule has 13 rings (SSSR count). The normalized spacial score (nSPS) is 22.2. The lowest BCUT2D eigenvalue weighted by atomic mass is 9.67. The molecule has 6 aromatic rings. The van der Waals surface area contributed by atoms with Gasteiger partial charge in [0.1, 0.15) is 24.8 Å². The van der Waals surface area contributed by atoms with E-state index in [-0.39, 0.29) is 90.0 Å². The maximum Gasteiger partial charge on any atom is 0.340 e. The molecule has 4 atom stereocenters. The van der Waals surface area contributed by atoms with Gasteiger partial charge in [-0.3, -0.25) is 9.59 Å². The van der Waals surface area contributed by atoms with Gasteiger partial charge in [0.25, 0.3) is 11.1 Å². The van der Waals surface area contributed by atoms with Gasteiger partial charge in [-0.05, 0) is 98.0 Å². The standard InChI is InChI=1S/C27H26FN3O5.C25H23FN2O6.2C2H6/c1-13-14-2-3-27(4-5-30(12-27)6-7-32)22-16-10-31-20(23(16)29-19(21(14)22)9-18(13)28)8-15-17(25(31)34)11-36-26(35)24(15)33;1-11-12-3-4-25(9-29,10-33-2)20-14-7-28-18(21(14)27-17(19(12)20)6-16(11)26)5-13-15(23(28)31)8-34-24(32)22(13)30;2*1-2/h8-9,24,32-33H,2-7,10-12H2,1H3;5-6,22,29-30H,3-4,7-10H2,1-2H3;2*1-2H3. The summed E-state index contributed by atoms with van der Waals surface area (Å²) in [6.07, 6.45) is 0.593. The molecule has 7 aliphatic rings. The topological polar surface area (TPSA) is 216 Å². The number of benzene rings is 2. The van der Waals surface area contributed by atoms with Gasteiger partial charge in [-0.2, -0.15) is 0 Å². The van der Waals surface area contributed by atoms with Crippen LogP contribution in [0.1, 0.15) is 126 Å². The van der Waals surface area contributed by atoms with Crippen molar-refractivity contribution < 1.29 is 53.0 Å². The number of rotatable bonds is 5. The number of likely N-dealkylation sites (tertiary alicyclic amines) is 1. The third kappa shape index (κ3) is 7.41. The molecule has 18 heteroatoms. The van der Waals surface area contributed by atoms with Crippen molar-refractivity contribution in [3.8, 4) is 22.8 Å². The van der Waals surface area contributed by atoms with Crippen LogP contribution in [0.5, 0.6) is 0 Å². The molecule has 5 aliphatic heterocycles. The van der Waals surface area contributed by atoms with Gasteiger partial charge in [0.05, 0.1) is 77.8 Å². The highest BCUT2D eigenvalue weighted by Crippen LogP contribution is 2.53. The van der Waals surface area contributed by atoms with E-state index < -0.39 is 29.6 Å². The van der Waals surface area contributed by atoms with Crippen LogP contribution >= 0.6 is 0 Å². The fourth-order valence-corrected chi connectivity index (χ4v) is 13.0. The maximum atomic E-state index is 15.0. The molecule has 0 bridgehead atoms. The van der Waals surface area contributed by atoms with Gasteiger partial charge in [0.2, 0.25) is 0 Å². The molecule has 2 aromatic carbocycles. The number of cyclic esters (lactones) is 2. The smallest absolute Gasteiger partial charge is 0.340 e. The summed E-state index contributed by atoms with van der Waals surface area (Å²) in [6.45, 7) is 14.2. The number of aliphatic hydroxyl groups is 4. The molecule has 4 aromatic heterocycles. The predicted molar refractivity (Wildman–Crippen MR) is 270 cm³/mol. The first-order valence-electron chi connectivity index (χ1n) is 25.6. The second-order valence-corrected chi connectivity index (χ2v) is 20.0. The van der Waals surface area contributed by atoms with Crippen LogP contribution in [0.4, 0.5) is 8.78 Å². The number of β-amino-alcohol motifs (C(OH)–C–C–N with tert-alkyl or cyclic N) is 1. The second-order valence-electron chi connectivity index (χ2n) is 20.0. The Morgan fingerprint density at radius 2 is 1.18 bits per heavy atom. The molecule has 9 heterocycles. The molecule has 390 valence electrons. The number of aryl methyl sites for hydroxylation is 2. The van der Waals surface area contributed by atoms with Gasteiger partial charge in [-0.1, -0.05) is 27.7 Å². The van der Waals surface area contributed by atoms with Crippen molar-refractivity contribution in [3.05, 3.63) is 123 Å². The Balaban J connectivity index is 0.000000159. The number of halogens is 2. The average molecular weight is 1020 g/mol. The maximum absolute atomic E-state index is 15.0. The molecular formula is C56H61F2N5O11. The summed E-state index contributed by atoms with van der Waals surface area (Å²) in [5, 5.41) is 42.7. The number of pyridine rings is 4. The average Bonchev–Trinajstić information content (AvgIpc) is 4.14. The summed E-state index contributed by atoms with van der Waals surface area (Å²) in [6, 6.07) is 6.16. The molecule has 1 fully saturated rings. The first-order chi connectivity index (χ1) is 35.6. The number of methoxy groups -OCH3 is 1. The molecule has 74 heavy (non-hydrogen) atoms. The zero-order valence-electron chi connectivity index (χ0n) is 42.7. The molecule has 4 unspecified atom stereocenters. The number of esters is 2. The van der Waals surface area contributed by atoms with Crippen molar-refractivity contribution in [2.24, 2.45) is 0 Å². The molecule has 0 saturated carbocycles. The van der Waals surface area contributed by atoms with Crippen molar-refractivity contribution in [2.75, 3.05) is 46.6 Å². The Labute approximate surface area is 425 Å². The van der Waals surface area contributed by atoms with Crippen molar-refractivity contribution in [2.45, 2.75) is 123 Å². The number of aromatic nitrogens is 4. The van der Waals surface area contributed by atoms with Crippen LogP contribution in [0.15, 0.2) is 33.9 Å². The lowest BCUT2D eigenvalue weighted by molar-refractivity contribution is -0.158. The van der Waals surface area contributed by atoms with E-state index >= 15 is 0 Å². The van der Waals surface area contributed by atoms with Crippen LogP contribution < -0.4 is 11.1 Å². The Hall–Kier alpha value is -6.28. The molecule has 1 spiro atoms. The van der Waals surface area contributed by atoms with E-state index in [9.17, 15) is 48.4 Å². The monoisotopic (exact) mass is 1020 g/mol. The third-order valence-corrected chi connectivity index (χ3v) is 16.5. The molecule has 16 nitrogen and oxygen atoms in total. The largest absolute Gasteiger partial charge is 0.458 e. The van der Waals surface area contributed by atoms with Crippen molar-refractivity contribution >= 4 is 33.7 Å². The Morgan fingerprint density at radius 3 is 1.66 bits per heavy atom. The van der Waals surface area contributed by atoms with Crippen LogP contribution in [-0.4, -0.2) is 103 Å². The van der Waals surface area contributed by atoms with Crippen LogP contribution in [0.3, 0.4) is 0 Å². The number of aliphatic hydroxyl groups excluding tert-OH is 4. The summed E-state index contributed by atoms with van der Waals surface area (Å²) in [5.41, 5.74) is 9.23. The molecular weight excluding hydrogens is 957 g/mol. The number of fused-ring (bicyclic) bond motifs is 11. The van der Waals surface area contributed by atoms with Gasteiger partial charge in [0, 0.05) is 76.2 Å². The number of carbonyl (C=O) groups excluding carboxylic acids is 2. The minimum absolute atomic E-state index is 0.0936. The molecule has 4 N–H and O–H groups in total. The Kier molecular flexibility index (Phi) is 13.2. The number of carbonyl (C=O) groups is 2. The van der Waals surface area contributed by atoms with Crippen molar-refractivity contribution in [1.29, 1.82) is 0 Å². The lowest BCUT2D eigenvalue weighted by Crippen LogP contribution is -2.40.